The monoisotopic (exact) mass is 377 g/mol. The molecular formula is C16H20BrN5O. The number of rotatable bonds is 3. The summed E-state index contributed by atoms with van der Waals surface area (Å²) in [4.78, 5) is 18.8. The number of pyridine rings is 1. The van der Waals surface area contributed by atoms with Crippen molar-refractivity contribution < 1.29 is 4.79 Å². The number of amides is 1. The Hall–Kier alpha value is -1.89. The largest absolute Gasteiger partial charge is 0.368 e. The average molecular weight is 378 g/mol. The van der Waals surface area contributed by atoms with Crippen LogP contribution in [0.25, 0.3) is 0 Å². The Balaban J connectivity index is 1.68. The molecule has 0 spiro atoms. The molecule has 0 radical (unpaired) electrons. The number of carbonyl (C=O) groups is 1. The Morgan fingerprint density at radius 2 is 2.30 bits per heavy atom. The minimum Gasteiger partial charge on any atom is -0.368 e. The van der Waals surface area contributed by atoms with Crippen molar-refractivity contribution in [2.24, 2.45) is 7.05 Å². The Bertz CT molecular complexity index is 714. The molecule has 7 heteroatoms. The number of piperidine rings is 1. The van der Waals surface area contributed by atoms with Crippen molar-refractivity contribution in [3.05, 3.63) is 40.4 Å². The average Bonchev–Trinajstić information content (AvgIpc) is 2.87. The van der Waals surface area contributed by atoms with Crippen LogP contribution in [0.15, 0.2) is 29.0 Å². The lowest BCUT2D eigenvalue weighted by molar-refractivity contribution is 0.0923. The van der Waals surface area contributed by atoms with E-state index in [1.807, 2.05) is 19.1 Å². The van der Waals surface area contributed by atoms with Gasteiger partial charge in [-0.2, -0.15) is 5.10 Å². The van der Waals surface area contributed by atoms with Crippen molar-refractivity contribution in [2.45, 2.75) is 25.8 Å². The number of aromatic nitrogens is 3. The molecule has 1 atom stereocenters. The van der Waals surface area contributed by atoms with Gasteiger partial charge in [-0.25, -0.2) is 0 Å². The van der Waals surface area contributed by atoms with Crippen LogP contribution in [0.3, 0.4) is 0 Å². The van der Waals surface area contributed by atoms with Crippen molar-refractivity contribution in [3.63, 3.8) is 0 Å². The predicted molar refractivity (Wildman–Crippen MR) is 92.6 cm³/mol. The Labute approximate surface area is 144 Å². The fourth-order valence-corrected chi connectivity index (χ4v) is 3.52. The number of hydrogen-bond acceptors (Lipinski definition) is 4. The first-order valence-corrected chi connectivity index (χ1v) is 8.50. The Morgan fingerprint density at radius 3 is 3.00 bits per heavy atom. The van der Waals surface area contributed by atoms with E-state index in [1.165, 1.54) is 0 Å². The minimum absolute atomic E-state index is 0.0613. The van der Waals surface area contributed by atoms with Gasteiger partial charge in [-0.15, -0.1) is 0 Å². The molecule has 6 nitrogen and oxygen atoms in total. The van der Waals surface area contributed by atoms with Gasteiger partial charge >= 0.3 is 0 Å². The first-order chi connectivity index (χ1) is 11.0. The van der Waals surface area contributed by atoms with E-state index < -0.39 is 0 Å². The van der Waals surface area contributed by atoms with E-state index in [-0.39, 0.29) is 11.9 Å². The van der Waals surface area contributed by atoms with Crippen LogP contribution in [0.2, 0.25) is 0 Å². The van der Waals surface area contributed by atoms with Crippen LogP contribution in [0, 0.1) is 6.92 Å². The molecule has 1 aliphatic heterocycles. The fourth-order valence-electron chi connectivity index (χ4n) is 3.02. The van der Waals surface area contributed by atoms with Gasteiger partial charge in [0.1, 0.15) is 5.69 Å². The first kappa shape index (κ1) is 16.0. The van der Waals surface area contributed by atoms with Crippen molar-refractivity contribution in [2.75, 3.05) is 18.0 Å². The highest BCUT2D eigenvalue weighted by atomic mass is 79.9. The van der Waals surface area contributed by atoms with Crippen LogP contribution < -0.4 is 10.2 Å². The third-order valence-corrected chi connectivity index (χ3v) is 4.69. The van der Waals surface area contributed by atoms with E-state index in [0.717, 1.165) is 41.8 Å². The van der Waals surface area contributed by atoms with Crippen molar-refractivity contribution in [1.82, 2.24) is 20.1 Å². The zero-order valence-corrected chi connectivity index (χ0v) is 14.9. The number of anilines is 1. The third-order valence-electron chi connectivity index (χ3n) is 4.08. The smallest absolute Gasteiger partial charge is 0.269 e. The second-order valence-electron chi connectivity index (χ2n) is 5.88. The summed E-state index contributed by atoms with van der Waals surface area (Å²) < 4.78 is 2.61. The summed E-state index contributed by atoms with van der Waals surface area (Å²) in [5, 5.41) is 7.37. The molecule has 1 saturated heterocycles. The maximum Gasteiger partial charge on any atom is 0.269 e. The molecule has 2 aromatic rings. The summed E-state index contributed by atoms with van der Waals surface area (Å²) in [5.41, 5.74) is 2.57. The van der Waals surface area contributed by atoms with E-state index in [1.54, 1.807) is 24.1 Å². The van der Waals surface area contributed by atoms with E-state index in [0.29, 0.717) is 5.69 Å². The second-order valence-corrected chi connectivity index (χ2v) is 6.73. The molecule has 1 amide bonds. The van der Waals surface area contributed by atoms with Crippen LogP contribution in [-0.4, -0.2) is 39.8 Å². The van der Waals surface area contributed by atoms with Crippen LogP contribution in [0.4, 0.5) is 5.69 Å². The highest BCUT2D eigenvalue weighted by molar-refractivity contribution is 9.10. The molecule has 0 saturated carbocycles. The van der Waals surface area contributed by atoms with Gasteiger partial charge in [0.2, 0.25) is 0 Å². The standard InChI is InChI=1S/C16H20BrN5O/c1-11-8-15(21(2)20-11)16(23)19-12-4-3-7-22(10-12)14-5-6-18-9-13(14)17/h5-6,8-9,12H,3-4,7,10H2,1-2H3,(H,19,23). The molecular weight excluding hydrogens is 358 g/mol. The van der Waals surface area contributed by atoms with Gasteiger partial charge in [0.05, 0.1) is 15.9 Å². The third kappa shape index (κ3) is 3.55. The highest BCUT2D eigenvalue weighted by Gasteiger charge is 2.24. The predicted octanol–water partition coefficient (Wildman–Crippen LogP) is 2.28. The van der Waals surface area contributed by atoms with E-state index in [4.69, 9.17) is 0 Å². The zero-order chi connectivity index (χ0) is 16.4. The lowest BCUT2D eigenvalue weighted by Crippen LogP contribution is -2.48. The topological polar surface area (TPSA) is 63.1 Å². The molecule has 23 heavy (non-hydrogen) atoms. The molecule has 2 aromatic heterocycles. The summed E-state index contributed by atoms with van der Waals surface area (Å²) in [6.45, 7) is 3.67. The number of nitrogens with zero attached hydrogens (tertiary/aromatic N) is 4. The van der Waals surface area contributed by atoms with E-state index in [2.05, 4.69) is 36.2 Å². The van der Waals surface area contributed by atoms with Gasteiger partial charge in [-0.1, -0.05) is 0 Å². The minimum atomic E-state index is -0.0613. The number of halogens is 1. The molecule has 0 aliphatic carbocycles. The normalized spacial score (nSPS) is 18.0. The number of hydrogen-bond donors (Lipinski definition) is 1. The Kier molecular flexibility index (Phi) is 4.66. The van der Waals surface area contributed by atoms with Crippen molar-refractivity contribution in [3.8, 4) is 0 Å². The molecule has 0 bridgehead atoms. The van der Waals surface area contributed by atoms with Gasteiger partial charge in [0.25, 0.3) is 5.91 Å². The molecule has 1 aliphatic rings. The van der Waals surface area contributed by atoms with Crippen molar-refractivity contribution >= 4 is 27.5 Å². The number of aryl methyl sites for hydroxylation is 2. The fraction of sp³-hybridized carbons (Fsp3) is 0.438. The quantitative estimate of drug-likeness (QED) is 0.890. The zero-order valence-electron chi connectivity index (χ0n) is 13.3. The highest BCUT2D eigenvalue weighted by Crippen LogP contribution is 2.27. The van der Waals surface area contributed by atoms with E-state index in [9.17, 15) is 4.79 Å². The van der Waals surface area contributed by atoms with Crippen LogP contribution in [-0.2, 0) is 7.05 Å². The summed E-state index contributed by atoms with van der Waals surface area (Å²) >= 11 is 3.55. The van der Waals surface area contributed by atoms with Gasteiger partial charge in [-0.3, -0.25) is 14.5 Å². The molecule has 3 rings (SSSR count). The molecule has 1 unspecified atom stereocenters. The van der Waals surface area contributed by atoms with Crippen LogP contribution >= 0.6 is 15.9 Å². The van der Waals surface area contributed by atoms with Crippen LogP contribution in [0.1, 0.15) is 29.0 Å². The first-order valence-electron chi connectivity index (χ1n) is 7.70. The van der Waals surface area contributed by atoms with Gasteiger partial charge in [0.15, 0.2) is 0 Å². The molecule has 1 N–H and O–H groups in total. The van der Waals surface area contributed by atoms with Gasteiger partial charge < -0.3 is 10.2 Å². The molecule has 122 valence electrons. The summed E-state index contributed by atoms with van der Waals surface area (Å²) in [6, 6.07) is 3.94. The summed E-state index contributed by atoms with van der Waals surface area (Å²) in [5.74, 6) is -0.0613. The Morgan fingerprint density at radius 1 is 1.48 bits per heavy atom. The number of carbonyl (C=O) groups excluding carboxylic acids is 1. The lowest BCUT2D eigenvalue weighted by Gasteiger charge is -2.35. The van der Waals surface area contributed by atoms with Crippen molar-refractivity contribution in [1.29, 1.82) is 0 Å². The summed E-state index contributed by atoms with van der Waals surface area (Å²) in [6.07, 6.45) is 5.63. The maximum atomic E-state index is 12.4. The molecule has 0 aromatic carbocycles. The van der Waals surface area contributed by atoms with Crippen LogP contribution in [0.5, 0.6) is 0 Å². The number of nitrogens with one attached hydrogen (secondary N) is 1. The maximum absolute atomic E-state index is 12.4. The SMILES string of the molecule is Cc1cc(C(=O)NC2CCCN(c3ccncc3Br)C2)n(C)n1. The molecule has 1 fully saturated rings. The van der Waals surface area contributed by atoms with E-state index >= 15 is 0 Å². The molecule has 3 heterocycles. The lowest BCUT2D eigenvalue weighted by atomic mass is 10.0. The van der Waals surface area contributed by atoms with Gasteiger partial charge in [-0.05, 0) is 47.8 Å². The summed E-state index contributed by atoms with van der Waals surface area (Å²) in [7, 11) is 1.79. The second kappa shape index (κ2) is 6.70. The van der Waals surface area contributed by atoms with Gasteiger partial charge in [0, 0.05) is 38.6 Å².